The highest BCUT2D eigenvalue weighted by molar-refractivity contribution is 9.10. The molecule has 2 N–H and O–H groups in total. The molecule has 9 nitrogen and oxygen atoms in total. The van der Waals surface area contributed by atoms with Crippen LogP contribution in [-0.2, 0) is 9.59 Å². The number of carboxylic acid groups (broad SMARTS) is 1. The number of aliphatic carboxylic acids is 1. The van der Waals surface area contributed by atoms with Crippen LogP contribution in [0.5, 0.6) is 0 Å². The van der Waals surface area contributed by atoms with Gasteiger partial charge in [0.05, 0.1) is 16.4 Å². The number of carbonyl (C=O) groups excluding carboxylic acids is 1. The number of aromatic nitrogens is 4. The number of rotatable bonds is 6. The first kappa shape index (κ1) is 22.0. The van der Waals surface area contributed by atoms with Gasteiger partial charge in [-0.15, -0.1) is 5.10 Å². The summed E-state index contributed by atoms with van der Waals surface area (Å²) < 4.78 is 8.81. The Morgan fingerprint density at radius 2 is 1.97 bits per heavy atom. The number of nitrogens with zero attached hydrogens (tertiary/aromatic N) is 4. The lowest BCUT2D eigenvalue weighted by Gasteiger charge is -2.18. The van der Waals surface area contributed by atoms with E-state index in [0.29, 0.717) is 18.0 Å². The Balaban J connectivity index is 1.41. The number of furan rings is 1. The van der Waals surface area contributed by atoms with Crippen molar-refractivity contribution in [2.75, 3.05) is 0 Å². The molecule has 4 aromatic rings. The van der Waals surface area contributed by atoms with Crippen LogP contribution in [0.25, 0.3) is 44.8 Å². The summed E-state index contributed by atoms with van der Waals surface area (Å²) >= 11 is 3.75. The second-order valence-corrected chi connectivity index (χ2v) is 10.3. The number of benzene rings is 2. The van der Waals surface area contributed by atoms with Crippen molar-refractivity contribution in [2.45, 2.75) is 39.3 Å². The van der Waals surface area contributed by atoms with Crippen LogP contribution < -0.4 is 5.32 Å². The van der Waals surface area contributed by atoms with E-state index in [1.165, 1.54) is 0 Å². The standard InChI is InChI=1S/C25H22BrN5O4/c1-10(2)21(25(33)34)27-24(32)14-9-15(14)31-23(28-29-30-31)18-12-5-4-6-13(18)22-20(26)19-16(35-22)8-7-11(3)17(12)19/h4-8,10,14-15,21H,9H2,1-3H3,(H,27,32)(H,33,34)/t14?,15?,21-/m0/s1. The Morgan fingerprint density at radius 1 is 1.20 bits per heavy atom. The van der Waals surface area contributed by atoms with E-state index in [2.05, 4.69) is 49.8 Å². The zero-order valence-corrected chi connectivity index (χ0v) is 20.8. The zero-order chi connectivity index (χ0) is 24.6. The van der Waals surface area contributed by atoms with E-state index in [9.17, 15) is 14.7 Å². The van der Waals surface area contributed by atoms with Gasteiger partial charge in [0.25, 0.3) is 0 Å². The molecule has 2 aliphatic carbocycles. The van der Waals surface area contributed by atoms with Gasteiger partial charge in [0.2, 0.25) is 5.91 Å². The molecule has 0 radical (unpaired) electrons. The molecular formula is C25H22BrN5O4. The molecule has 2 aromatic heterocycles. The maximum Gasteiger partial charge on any atom is 0.326 e. The quantitative estimate of drug-likeness (QED) is 0.325. The summed E-state index contributed by atoms with van der Waals surface area (Å²) in [6.07, 6.45) is 0.536. The topological polar surface area (TPSA) is 123 Å². The van der Waals surface area contributed by atoms with E-state index < -0.39 is 17.9 Å². The monoisotopic (exact) mass is 535 g/mol. The van der Waals surface area contributed by atoms with Crippen molar-refractivity contribution in [3.63, 3.8) is 0 Å². The van der Waals surface area contributed by atoms with E-state index in [4.69, 9.17) is 4.42 Å². The number of carboxylic acids is 1. The maximum atomic E-state index is 12.9. The third-order valence-corrected chi connectivity index (χ3v) is 7.70. The van der Waals surface area contributed by atoms with Crippen LogP contribution in [0.15, 0.2) is 39.2 Å². The fourth-order valence-electron chi connectivity index (χ4n) is 5.06. The molecule has 3 atom stereocenters. The smallest absolute Gasteiger partial charge is 0.326 e. The normalized spacial score (nSPS) is 18.7. The number of hydrogen-bond acceptors (Lipinski definition) is 6. The van der Waals surface area contributed by atoms with Crippen molar-refractivity contribution in [1.82, 2.24) is 25.5 Å². The summed E-state index contributed by atoms with van der Waals surface area (Å²) in [4.78, 5) is 24.4. The number of tetrazole rings is 1. The molecule has 0 spiro atoms. The highest BCUT2D eigenvalue weighted by Gasteiger charge is 2.48. The van der Waals surface area contributed by atoms with Crippen LogP contribution >= 0.6 is 15.9 Å². The molecule has 2 heterocycles. The van der Waals surface area contributed by atoms with E-state index >= 15 is 0 Å². The number of hydrogen-bond donors (Lipinski definition) is 2. The van der Waals surface area contributed by atoms with Crippen LogP contribution in [0.4, 0.5) is 0 Å². The van der Waals surface area contributed by atoms with E-state index in [-0.39, 0.29) is 17.9 Å². The molecule has 6 rings (SSSR count). The Bertz CT molecular complexity index is 1540. The number of fused-ring (bicyclic) bond motifs is 5. The second kappa shape index (κ2) is 7.74. The number of amides is 1. The summed E-state index contributed by atoms with van der Waals surface area (Å²) in [5.74, 6) is -0.703. The van der Waals surface area contributed by atoms with Crippen molar-refractivity contribution in [3.05, 3.63) is 40.4 Å². The molecule has 4 bridgehead atoms. The highest BCUT2D eigenvalue weighted by atomic mass is 79.9. The lowest BCUT2D eigenvalue weighted by atomic mass is 9.92. The van der Waals surface area contributed by atoms with Crippen molar-refractivity contribution in [3.8, 4) is 33.8 Å². The van der Waals surface area contributed by atoms with Gasteiger partial charge in [-0.1, -0.05) is 38.1 Å². The lowest BCUT2D eigenvalue weighted by Crippen LogP contribution is -2.45. The average molecular weight is 536 g/mol. The van der Waals surface area contributed by atoms with Gasteiger partial charge < -0.3 is 14.8 Å². The van der Waals surface area contributed by atoms with E-state index in [1.807, 2.05) is 24.3 Å². The van der Waals surface area contributed by atoms with Crippen LogP contribution in [0.2, 0.25) is 0 Å². The van der Waals surface area contributed by atoms with Gasteiger partial charge in [-0.2, -0.15) is 0 Å². The number of nitrogens with one attached hydrogen (secondary N) is 1. The number of aryl methyl sites for hydroxylation is 1. The van der Waals surface area contributed by atoms with Gasteiger partial charge in [0.1, 0.15) is 17.4 Å². The SMILES string of the molecule is Cc1ccc2oc3c(Br)c2c1-c1cccc-3c1-c1nnnn1C1CC1C(=O)N[C@H](C(=O)O)C(C)C. The molecular weight excluding hydrogens is 514 g/mol. The average Bonchev–Trinajstić information content (AvgIpc) is 3.36. The lowest BCUT2D eigenvalue weighted by molar-refractivity contribution is -0.143. The van der Waals surface area contributed by atoms with Gasteiger partial charge in [-0.25, -0.2) is 9.48 Å². The third kappa shape index (κ3) is 3.23. The molecule has 2 unspecified atom stereocenters. The second-order valence-electron chi connectivity index (χ2n) is 9.53. The Labute approximate surface area is 208 Å². The van der Waals surface area contributed by atoms with Crippen molar-refractivity contribution in [1.29, 1.82) is 0 Å². The van der Waals surface area contributed by atoms with Gasteiger partial charge in [0.15, 0.2) is 5.82 Å². The number of halogens is 1. The molecule has 2 aliphatic rings. The van der Waals surface area contributed by atoms with Gasteiger partial charge in [0, 0.05) is 16.5 Å². The fraction of sp³-hybridized carbons (Fsp3) is 0.320. The predicted molar refractivity (Wildman–Crippen MR) is 131 cm³/mol. The van der Waals surface area contributed by atoms with Crippen LogP contribution in [0, 0.1) is 18.8 Å². The summed E-state index contributed by atoms with van der Waals surface area (Å²) in [6, 6.07) is 8.85. The summed E-state index contributed by atoms with van der Waals surface area (Å²) in [6.45, 7) is 5.60. The molecule has 0 saturated heterocycles. The molecule has 178 valence electrons. The summed E-state index contributed by atoms with van der Waals surface area (Å²) in [7, 11) is 0. The van der Waals surface area contributed by atoms with Crippen LogP contribution in [-0.4, -0.2) is 43.2 Å². The van der Waals surface area contributed by atoms with E-state index in [1.54, 1.807) is 18.5 Å². The first-order valence-corrected chi connectivity index (χ1v) is 12.2. The molecule has 1 amide bonds. The minimum atomic E-state index is -1.04. The minimum absolute atomic E-state index is 0.226. The van der Waals surface area contributed by atoms with Crippen molar-refractivity contribution < 1.29 is 19.1 Å². The molecule has 35 heavy (non-hydrogen) atoms. The van der Waals surface area contributed by atoms with Gasteiger partial charge >= 0.3 is 5.97 Å². The summed E-state index contributed by atoms with van der Waals surface area (Å²) in [5, 5.41) is 25.7. The third-order valence-electron chi connectivity index (χ3n) is 6.94. The predicted octanol–water partition coefficient (Wildman–Crippen LogP) is 4.59. The molecule has 0 aliphatic heterocycles. The van der Waals surface area contributed by atoms with Crippen LogP contribution in [0.1, 0.15) is 31.9 Å². The van der Waals surface area contributed by atoms with Crippen molar-refractivity contribution in [2.24, 2.45) is 11.8 Å². The number of carbonyl (C=O) groups is 2. The first-order valence-electron chi connectivity index (χ1n) is 11.4. The van der Waals surface area contributed by atoms with Gasteiger partial charge in [-0.05, 0) is 68.4 Å². The van der Waals surface area contributed by atoms with Gasteiger partial charge in [-0.3, -0.25) is 4.79 Å². The molecule has 1 saturated carbocycles. The first-order chi connectivity index (χ1) is 16.8. The maximum absolute atomic E-state index is 12.9. The van der Waals surface area contributed by atoms with Crippen LogP contribution in [0.3, 0.4) is 0 Å². The highest BCUT2D eigenvalue weighted by Crippen LogP contribution is 2.53. The minimum Gasteiger partial charge on any atom is -0.480 e. The largest absolute Gasteiger partial charge is 0.480 e. The fourth-order valence-corrected chi connectivity index (χ4v) is 5.75. The molecule has 2 aromatic carbocycles. The molecule has 10 heteroatoms. The van der Waals surface area contributed by atoms with E-state index in [0.717, 1.165) is 43.3 Å². The molecule has 1 fully saturated rings. The Hall–Kier alpha value is -3.53. The Morgan fingerprint density at radius 3 is 2.71 bits per heavy atom. The summed E-state index contributed by atoms with van der Waals surface area (Å²) in [5.41, 5.74) is 5.67. The van der Waals surface area contributed by atoms with Crippen molar-refractivity contribution >= 4 is 38.8 Å². The Kier molecular flexibility index (Phi) is 4.86. The zero-order valence-electron chi connectivity index (χ0n) is 19.2.